The van der Waals surface area contributed by atoms with E-state index in [2.05, 4.69) is 20.7 Å². The van der Waals surface area contributed by atoms with Gasteiger partial charge in [-0.05, 0) is 37.0 Å². The molecule has 3 unspecified atom stereocenters. The highest BCUT2D eigenvalue weighted by Gasteiger charge is 2.39. The molecule has 102 valence electrons. The molecule has 1 heterocycles. The maximum Gasteiger partial charge on any atom is 0.271 e. The predicted octanol–water partition coefficient (Wildman–Crippen LogP) is 0.928. The second kappa shape index (κ2) is 5.13. The fourth-order valence-corrected chi connectivity index (χ4v) is 3.46. The van der Waals surface area contributed by atoms with Crippen molar-refractivity contribution >= 4 is 11.7 Å². The average Bonchev–Trinajstić information content (AvgIpc) is 3.07. The first-order valence-electron chi connectivity index (χ1n) is 6.83. The second-order valence-electron chi connectivity index (χ2n) is 5.58. The van der Waals surface area contributed by atoms with Crippen LogP contribution in [0.4, 0.5) is 5.82 Å². The number of nitrogen functional groups attached to an aromatic ring is 1. The predicted molar refractivity (Wildman–Crippen MR) is 71.1 cm³/mol. The zero-order chi connectivity index (χ0) is 13.2. The number of fused-ring (bicyclic) bond motifs is 2. The van der Waals surface area contributed by atoms with Crippen molar-refractivity contribution in [2.45, 2.75) is 25.7 Å². The van der Waals surface area contributed by atoms with Crippen LogP contribution in [0.5, 0.6) is 0 Å². The molecule has 0 radical (unpaired) electrons. The summed E-state index contributed by atoms with van der Waals surface area (Å²) in [6.45, 7) is 0.762. The Bertz CT molecular complexity index is 461. The van der Waals surface area contributed by atoms with Crippen molar-refractivity contribution in [3.63, 3.8) is 0 Å². The van der Waals surface area contributed by atoms with Crippen molar-refractivity contribution in [2.24, 2.45) is 23.6 Å². The van der Waals surface area contributed by atoms with Crippen LogP contribution in [0.2, 0.25) is 0 Å². The third-order valence-electron chi connectivity index (χ3n) is 4.44. The fourth-order valence-electron chi connectivity index (χ4n) is 3.46. The molecule has 2 fully saturated rings. The summed E-state index contributed by atoms with van der Waals surface area (Å²) in [5, 5.41) is 2.97. The van der Waals surface area contributed by atoms with Gasteiger partial charge in [0.2, 0.25) is 0 Å². The highest BCUT2D eigenvalue weighted by molar-refractivity contribution is 5.91. The van der Waals surface area contributed by atoms with Gasteiger partial charge in [0.05, 0.1) is 12.4 Å². The molecule has 1 aromatic rings. The molecule has 0 saturated heterocycles. The first-order valence-corrected chi connectivity index (χ1v) is 6.83. The number of hydrogen-bond donors (Lipinski definition) is 3. The lowest BCUT2D eigenvalue weighted by Gasteiger charge is -2.21. The van der Waals surface area contributed by atoms with E-state index >= 15 is 0 Å². The minimum Gasteiger partial charge on any atom is -0.350 e. The summed E-state index contributed by atoms with van der Waals surface area (Å²) in [5.74, 6) is 7.87. The van der Waals surface area contributed by atoms with E-state index in [-0.39, 0.29) is 5.91 Å². The molecule has 2 saturated carbocycles. The maximum atomic E-state index is 11.9. The summed E-state index contributed by atoms with van der Waals surface area (Å²) in [6.07, 6.45) is 8.23. The summed E-state index contributed by atoms with van der Waals surface area (Å²) in [7, 11) is 0. The number of rotatable bonds is 4. The maximum absolute atomic E-state index is 11.9. The Morgan fingerprint density at radius 2 is 2.21 bits per heavy atom. The summed E-state index contributed by atoms with van der Waals surface area (Å²) in [6, 6.07) is 0. The number of amides is 1. The lowest BCUT2D eigenvalue weighted by molar-refractivity contribution is 0.0936. The van der Waals surface area contributed by atoms with E-state index in [4.69, 9.17) is 5.84 Å². The number of anilines is 1. The normalized spacial score (nSPS) is 28.4. The van der Waals surface area contributed by atoms with Crippen molar-refractivity contribution < 1.29 is 4.79 Å². The third-order valence-corrected chi connectivity index (χ3v) is 4.44. The number of carbonyl (C=O) groups excluding carboxylic acids is 1. The van der Waals surface area contributed by atoms with Gasteiger partial charge in [0.25, 0.3) is 5.91 Å². The number of hydrazine groups is 1. The molecule has 3 atom stereocenters. The summed E-state index contributed by atoms with van der Waals surface area (Å²) in [5.41, 5.74) is 2.72. The summed E-state index contributed by atoms with van der Waals surface area (Å²) in [4.78, 5) is 19.9. The monoisotopic (exact) mass is 261 g/mol. The Hall–Kier alpha value is -1.69. The van der Waals surface area contributed by atoms with E-state index in [0.717, 1.165) is 18.4 Å². The molecular formula is C13H19N5O. The van der Waals surface area contributed by atoms with Crippen LogP contribution in [0.3, 0.4) is 0 Å². The fraction of sp³-hybridized carbons (Fsp3) is 0.615. The molecule has 1 amide bonds. The van der Waals surface area contributed by atoms with Crippen LogP contribution in [0, 0.1) is 17.8 Å². The molecule has 3 rings (SSSR count). The second-order valence-corrected chi connectivity index (χ2v) is 5.58. The minimum absolute atomic E-state index is 0.154. The zero-order valence-electron chi connectivity index (χ0n) is 10.8. The topological polar surface area (TPSA) is 92.9 Å². The van der Waals surface area contributed by atoms with E-state index in [1.165, 1.54) is 38.1 Å². The van der Waals surface area contributed by atoms with Gasteiger partial charge in [-0.3, -0.25) is 4.79 Å². The molecule has 0 spiro atoms. The van der Waals surface area contributed by atoms with Crippen LogP contribution >= 0.6 is 0 Å². The lowest BCUT2D eigenvalue weighted by Crippen LogP contribution is -2.32. The highest BCUT2D eigenvalue weighted by Crippen LogP contribution is 2.47. The molecule has 6 heteroatoms. The number of nitrogens with zero attached hydrogens (tertiary/aromatic N) is 2. The third kappa shape index (κ3) is 2.53. The van der Waals surface area contributed by atoms with Crippen molar-refractivity contribution in [3.05, 3.63) is 18.1 Å². The Morgan fingerprint density at radius 1 is 1.32 bits per heavy atom. The Kier molecular flexibility index (Phi) is 3.33. The molecule has 2 aliphatic rings. The van der Waals surface area contributed by atoms with Crippen molar-refractivity contribution in [3.8, 4) is 0 Å². The van der Waals surface area contributed by atoms with E-state index in [0.29, 0.717) is 17.4 Å². The molecule has 0 aromatic carbocycles. The van der Waals surface area contributed by atoms with Crippen LogP contribution in [0.25, 0.3) is 0 Å². The van der Waals surface area contributed by atoms with Gasteiger partial charge in [-0.1, -0.05) is 6.42 Å². The molecule has 4 N–H and O–H groups in total. The number of nitrogens with one attached hydrogen (secondary N) is 2. The van der Waals surface area contributed by atoms with Gasteiger partial charge in [0.15, 0.2) is 5.82 Å². The van der Waals surface area contributed by atoms with Crippen LogP contribution in [0.15, 0.2) is 12.4 Å². The van der Waals surface area contributed by atoms with Crippen LogP contribution in [-0.4, -0.2) is 22.4 Å². The van der Waals surface area contributed by atoms with E-state index in [1.807, 2.05) is 0 Å². The number of nitrogens with two attached hydrogens (primary N) is 1. The van der Waals surface area contributed by atoms with E-state index in [9.17, 15) is 4.79 Å². The lowest BCUT2D eigenvalue weighted by atomic mass is 9.89. The van der Waals surface area contributed by atoms with Crippen LogP contribution in [0.1, 0.15) is 36.2 Å². The van der Waals surface area contributed by atoms with Gasteiger partial charge in [-0.25, -0.2) is 15.8 Å². The summed E-state index contributed by atoms with van der Waals surface area (Å²) >= 11 is 0. The molecule has 19 heavy (non-hydrogen) atoms. The first kappa shape index (κ1) is 12.3. The quantitative estimate of drug-likeness (QED) is 0.554. The zero-order valence-corrected chi connectivity index (χ0v) is 10.8. The Balaban J connectivity index is 1.53. The van der Waals surface area contributed by atoms with Crippen molar-refractivity contribution in [2.75, 3.05) is 12.0 Å². The van der Waals surface area contributed by atoms with Gasteiger partial charge in [0.1, 0.15) is 5.69 Å². The van der Waals surface area contributed by atoms with E-state index in [1.54, 1.807) is 0 Å². The summed E-state index contributed by atoms with van der Waals surface area (Å²) < 4.78 is 0. The Morgan fingerprint density at radius 3 is 2.79 bits per heavy atom. The van der Waals surface area contributed by atoms with Gasteiger partial charge >= 0.3 is 0 Å². The van der Waals surface area contributed by atoms with Gasteiger partial charge in [-0.15, -0.1) is 0 Å². The number of carbonyl (C=O) groups is 1. The van der Waals surface area contributed by atoms with Crippen molar-refractivity contribution in [1.82, 2.24) is 15.3 Å². The molecular weight excluding hydrogens is 242 g/mol. The Labute approximate surface area is 112 Å². The highest BCUT2D eigenvalue weighted by atomic mass is 16.1. The van der Waals surface area contributed by atoms with Gasteiger partial charge in [-0.2, -0.15) is 0 Å². The minimum atomic E-state index is -0.154. The standard InChI is InChI=1S/C13H19N5O/c14-18-12-7-15-11(6-16-12)13(19)17-5-10-4-8-1-2-9(10)3-8/h6-10H,1-5,14H2,(H,16,18)(H,17,19). The van der Waals surface area contributed by atoms with Crippen LogP contribution in [-0.2, 0) is 0 Å². The number of hydrogen-bond acceptors (Lipinski definition) is 5. The molecule has 6 nitrogen and oxygen atoms in total. The first-order chi connectivity index (χ1) is 9.26. The largest absolute Gasteiger partial charge is 0.350 e. The molecule has 2 aliphatic carbocycles. The van der Waals surface area contributed by atoms with Crippen LogP contribution < -0.4 is 16.6 Å². The van der Waals surface area contributed by atoms with Crippen molar-refractivity contribution in [1.29, 1.82) is 0 Å². The molecule has 0 aliphatic heterocycles. The molecule has 2 bridgehead atoms. The van der Waals surface area contributed by atoms with Gasteiger partial charge in [0, 0.05) is 6.54 Å². The smallest absolute Gasteiger partial charge is 0.271 e. The molecule has 1 aromatic heterocycles. The SMILES string of the molecule is NNc1cnc(C(=O)NCC2CC3CCC2C3)cn1. The van der Waals surface area contributed by atoms with Gasteiger partial charge < -0.3 is 10.7 Å². The van der Waals surface area contributed by atoms with E-state index < -0.39 is 0 Å². The average molecular weight is 261 g/mol. The number of aromatic nitrogens is 2.